The van der Waals surface area contributed by atoms with Gasteiger partial charge in [0.2, 0.25) is 0 Å². The monoisotopic (exact) mass is 324 g/mol. The number of aliphatic hydroxyl groups excluding tert-OH is 1. The molecular formula is C14H17BrN2O2. The summed E-state index contributed by atoms with van der Waals surface area (Å²) in [6.07, 6.45) is 1.00. The van der Waals surface area contributed by atoms with Crippen LogP contribution in [0.3, 0.4) is 0 Å². The van der Waals surface area contributed by atoms with E-state index >= 15 is 0 Å². The van der Waals surface area contributed by atoms with Gasteiger partial charge in [0.15, 0.2) is 0 Å². The number of halogens is 1. The molecule has 0 saturated carbocycles. The van der Waals surface area contributed by atoms with E-state index in [1.807, 2.05) is 38.1 Å². The zero-order valence-electron chi connectivity index (χ0n) is 11.0. The largest absolute Gasteiger partial charge is 0.494 e. The zero-order valence-corrected chi connectivity index (χ0v) is 12.6. The lowest BCUT2D eigenvalue weighted by Gasteiger charge is -2.14. The molecule has 0 aliphatic carbocycles. The Labute approximate surface area is 121 Å². The molecule has 2 aromatic rings. The molecule has 1 aromatic heterocycles. The minimum absolute atomic E-state index is 0.635. The predicted molar refractivity (Wildman–Crippen MR) is 77.3 cm³/mol. The molecule has 0 spiro atoms. The predicted octanol–water partition coefficient (Wildman–Crippen LogP) is 3.15. The van der Waals surface area contributed by atoms with Gasteiger partial charge in [-0.3, -0.25) is 4.68 Å². The number of benzene rings is 1. The third-order valence-corrected chi connectivity index (χ3v) is 3.51. The molecule has 1 atom stereocenters. The van der Waals surface area contributed by atoms with Crippen molar-refractivity contribution in [3.05, 3.63) is 46.2 Å². The van der Waals surface area contributed by atoms with E-state index in [1.165, 1.54) is 0 Å². The third-order valence-electron chi connectivity index (χ3n) is 2.90. The second-order valence-corrected chi connectivity index (χ2v) is 4.95. The molecule has 0 fully saturated rings. The lowest BCUT2D eigenvalue weighted by molar-refractivity contribution is 0.207. The highest BCUT2D eigenvalue weighted by atomic mass is 79.9. The van der Waals surface area contributed by atoms with Crippen LogP contribution < -0.4 is 4.74 Å². The van der Waals surface area contributed by atoms with Crippen LogP contribution in [0, 0.1) is 0 Å². The van der Waals surface area contributed by atoms with E-state index < -0.39 is 6.10 Å². The molecule has 1 aromatic carbocycles. The average Bonchev–Trinajstić information content (AvgIpc) is 2.80. The lowest BCUT2D eigenvalue weighted by Crippen LogP contribution is -2.09. The first-order valence-corrected chi connectivity index (χ1v) is 7.08. The smallest absolute Gasteiger partial charge is 0.122 e. The van der Waals surface area contributed by atoms with Crippen molar-refractivity contribution < 1.29 is 9.84 Å². The van der Waals surface area contributed by atoms with Crippen LogP contribution >= 0.6 is 15.9 Å². The van der Waals surface area contributed by atoms with Crippen molar-refractivity contribution >= 4 is 15.9 Å². The number of aliphatic hydroxyl groups is 1. The quantitative estimate of drug-likeness (QED) is 0.919. The summed E-state index contributed by atoms with van der Waals surface area (Å²) in [5, 5.41) is 14.7. The Morgan fingerprint density at radius 1 is 1.32 bits per heavy atom. The van der Waals surface area contributed by atoms with Crippen LogP contribution in [0.1, 0.15) is 31.2 Å². The highest BCUT2D eigenvalue weighted by Crippen LogP contribution is 2.29. The summed E-state index contributed by atoms with van der Waals surface area (Å²) >= 11 is 3.43. The molecule has 0 radical (unpaired) electrons. The molecular weight excluding hydrogens is 308 g/mol. The highest BCUT2D eigenvalue weighted by molar-refractivity contribution is 9.10. The van der Waals surface area contributed by atoms with Crippen LogP contribution in [0.15, 0.2) is 34.9 Å². The van der Waals surface area contributed by atoms with Crippen molar-refractivity contribution in [2.75, 3.05) is 6.61 Å². The van der Waals surface area contributed by atoms with E-state index in [4.69, 9.17) is 4.74 Å². The maximum atomic E-state index is 10.5. The Hall–Kier alpha value is -1.33. The fraction of sp³-hybridized carbons (Fsp3) is 0.357. The van der Waals surface area contributed by atoms with Gasteiger partial charge in [0.05, 0.1) is 23.0 Å². The second kappa shape index (κ2) is 6.21. The van der Waals surface area contributed by atoms with Gasteiger partial charge in [-0.2, -0.15) is 5.10 Å². The SMILES string of the molecule is CCOc1ccc(C(O)c2c(Br)cnn2CC)cc1. The molecule has 2 rings (SSSR count). The molecule has 1 unspecified atom stereocenters. The third kappa shape index (κ3) is 2.98. The minimum Gasteiger partial charge on any atom is -0.494 e. The van der Waals surface area contributed by atoms with Gasteiger partial charge in [-0.05, 0) is 47.5 Å². The molecule has 102 valence electrons. The number of hydrogen-bond donors (Lipinski definition) is 1. The number of aryl methyl sites for hydroxylation is 1. The van der Waals surface area contributed by atoms with Gasteiger partial charge in [0.25, 0.3) is 0 Å². The van der Waals surface area contributed by atoms with Crippen molar-refractivity contribution in [3.63, 3.8) is 0 Å². The van der Waals surface area contributed by atoms with Crippen LogP contribution in [0.25, 0.3) is 0 Å². The molecule has 1 heterocycles. The van der Waals surface area contributed by atoms with E-state index in [9.17, 15) is 5.11 Å². The van der Waals surface area contributed by atoms with Gasteiger partial charge in [0.1, 0.15) is 11.9 Å². The molecule has 4 nitrogen and oxygen atoms in total. The summed E-state index contributed by atoms with van der Waals surface area (Å²) in [4.78, 5) is 0. The van der Waals surface area contributed by atoms with Gasteiger partial charge in [-0.15, -0.1) is 0 Å². The first kappa shape index (κ1) is 14.1. The number of hydrogen-bond acceptors (Lipinski definition) is 3. The molecule has 0 aliphatic heterocycles. The molecule has 0 aliphatic rings. The summed E-state index contributed by atoms with van der Waals surface area (Å²) in [6, 6.07) is 7.47. The standard InChI is InChI=1S/C14H17BrN2O2/c1-3-17-13(12(15)9-16-17)14(18)10-5-7-11(8-6-10)19-4-2/h5-9,14,18H,3-4H2,1-2H3. The Bertz CT molecular complexity index is 537. The normalized spacial score (nSPS) is 12.4. The van der Waals surface area contributed by atoms with Gasteiger partial charge >= 0.3 is 0 Å². The van der Waals surface area contributed by atoms with E-state index in [0.29, 0.717) is 6.61 Å². The van der Waals surface area contributed by atoms with Gasteiger partial charge in [0, 0.05) is 6.54 Å². The molecule has 19 heavy (non-hydrogen) atoms. The summed E-state index contributed by atoms with van der Waals surface area (Å²) in [6.45, 7) is 5.29. The van der Waals surface area contributed by atoms with Crippen molar-refractivity contribution in [2.45, 2.75) is 26.5 Å². The van der Waals surface area contributed by atoms with E-state index in [1.54, 1.807) is 10.9 Å². The van der Waals surface area contributed by atoms with Crippen LogP contribution in [-0.4, -0.2) is 21.5 Å². The van der Waals surface area contributed by atoms with Crippen molar-refractivity contribution in [1.82, 2.24) is 9.78 Å². The lowest BCUT2D eigenvalue weighted by atomic mass is 10.1. The van der Waals surface area contributed by atoms with Gasteiger partial charge in [-0.25, -0.2) is 0 Å². The summed E-state index contributed by atoms with van der Waals surface area (Å²) in [7, 11) is 0. The maximum Gasteiger partial charge on any atom is 0.122 e. The van der Waals surface area contributed by atoms with Crippen LogP contribution in [0.5, 0.6) is 5.75 Å². The Kier molecular flexibility index (Phi) is 4.61. The van der Waals surface area contributed by atoms with Gasteiger partial charge in [-0.1, -0.05) is 12.1 Å². The fourth-order valence-corrected chi connectivity index (χ4v) is 2.48. The molecule has 0 bridgehead atoms. The van der Waals surface area contributed by atoms with E-state index in [-0.39, 0.29) is 0 Å². The van der Waals surface area contributed by atoms with Crippen LogP contribution in [0.4, 0.5) is 0 Å². The highest BCUT2D eigenvalue weighted by Gasteiger charge is 2.18. The van der Waals surface area contributed by atoms with Crippen molar-refractivity contribution in [1.29, 1.82) is 0 Å². The number of ether oxygens (including phenoxy) is 1. The molecule has 0 saturated heterocycles. The Morgan fingerprint density at radius 2 is 2.00 bits per heavy atom. The van der Waals surface area contributed by atoms with Crippen molar-refractivity contribution in [3.8, 4) is 5.75 Å². The summed E-state index contributed by atoms with van der Waals surface area (Å²) < 4.78 is 7.99. The Morgan fingerprint density at radius 3 is 2.58 bits per heavy atom. The average molecular weight is 325 g/mol. The molecule has 1 N–H and O–H groups in total. The topological polar surface area (TPSA) is 47.3 Å². The summed E-state index contributed by atoms with van der Waals surface area (Å²) in [5.41, 5.74) is 1.59. The van der Waals surface area contributed by atoms with E-state index in [0.717, 1.165) is 28.0 Å². The number of rotatable bonds is 5. The Balaban J connectivity index is 2.27. The van der Waals surface area contributed by atoms with Crippen molar-refractivity contribution in [2.24, 2.45) is 0 Å². The van der Waals surface area contributed by atoms with E-state index in [2.05, 4.69) is 21.0 Å². The first-order valence-electron chi connectivity index (χ1n) is 6.29. The minimum atomic E-state index is -0.701. The van der Waals surface area contributed by atoms with Gasteiger partial charge < -0.3 is 9.84 Å². The fourth-order valence-electron chi connectivity index (χ4n) is 1.97. The molecule has 5 heteroatoms. The van der Waals surface area contributed by atoms with Crippen LogP contribution in [-0.2, 0) is 6.54 Å². The van der Waals surface area contributed by atoms with Crippen LogP contribution in [0.2, 0.25) is 0 Å². The second-order valence-electron chi connectivity index (χ2n) is 4.10. The molecule has 0 amide bonds. The maximum absolute atomic E-state index is 10.5. The first-order chi connectivity index (χ1) is 9.17. The number of nitrogens with zero attached hydrogens (tertiary/aromatic N) is 2. The summed E-state index contributed by atoms with van der Waals surface area (Å²) in [5.74, 6) is 0.807. The number of aromatic nitrogens is 2. The zero-order chi connectivity index (χ0) is 13.8.